The van der Waals surface area contributed by atoms with E-state index in [-0.39, 0.29) is 10.9 Å². The van der Waals surface area contributed by atoms with Gasteiger partial charge in [0, 0.05) is 38.1 Å². The highest BCUT2D eigenvalue weighted by atomic mass is 32.2. The van der Waals surface area contributed by atoms with Gasteiger partial charge < -0.3 is 4.74 Å². The molecule has 6 nitrogen and oxygen atoms in total. The molecule has 0 spiro atoms. The second kappa shape index (κ2) is 7.34. The fourth-order valence-corrected chi connectivity index (χ4v) is 4.40. The molecule has 1 aromatic carbocycles. The summed E-state index contributed by atoms with van der Waals surface area (Å²) in [4.78, 5) is 6.37. The van der Waals surface area contributed by atoms with E-state index < -0.39 is 10.0 Å². The molecule has 1 saturated heterocycles. The zero-order valence-corrected chi connectivity index (χ0v) is 15.4. The molecule has 1 aliphatic carbocycles. The maximum Gasteiger partial charge on any atom is 0.242 e. The van der Waals surface area contributed by atoms with Crippen LogP contribution in [0.2, 0.25) is 0 Å². The van der Waals surface area contributed by atoms with Crippen LogP contribution in [0.3, 0.4) is 0 Å². The van der Waals surface area contributed by atoms with Crippen molar-refractivity contribution < 1.29 is 13.2 Å². The van der Waals surface area contributed by atoms with Gasteiger partial charge in [-0.25, -0.2) is 13.1 Å². The lowest BCUT2D eigenvalue weighted by Gasteiger charge is -2.17. The van der Waals surface area contributed by atoms with E-state index in [0.29, 0.717) is 12.6 Å². The largest absolute Gasteiger partial charge is 0.490 e. The minimum Gasteiger partial charge on any atom is -0.490 e. The number of pyridine rings is 1. The van der Waals surface area contributed by atoms with Gasteiger partial charge in [-0.2, -0.15) is 0 Å². The summed E-state index contributed by atoms with van der Waals surface area (Å²) in [7, 11) is -3.51. The van der Waals surface area contributed by atoms with Crippen molar-refractivity contribution in [3.05, 3.63) is 54.4 Å². The average molecular weight is 373 g/mol. The van der Waals surface area contributed by atoms with Crippen molar-refractivity contribution in [1.82, 2.24) is 14.6 Å². The number of benzene rings is 1. The summed E-state index contributed by atoms with van der Waals surface area (Å²) in [5.74, 6) is 0.930. The lowest BCUT2D eigenvalue weighted by molar-refractivity contribution is 0.302. The van der Waals surface area contributed by atoms with Crippen LogP contribution in [0.5, 0.6) is 5.75 Å². The van der Waals surface area contributed by atoms with E-state index in [0.717, 1.165) is 38.1 Å². The number of rotatable bonds is 7. The number of nitrogens with one attached hydrogen (secondary N) is 1. The van der Waals surface area contributed by atoms with E-state index in [4.69, 9.17) is 4.74 Å². The maximum atomic E-state index is 12.4. The molecule has 2 fully saturated rings. The summed E-state index contributed by atoms with van der Waals surface area (Å²) in [6, 6.07) is 11.3. The number of hydrogen-bond donors (Lipinski definition) is 1. The van der Waals surface area contributed by atoms with Crippen LogP contribution in [0, 0.1) is 0 Å². The standard InChI is InChI=1S/C19H23N3O3S/c23-26(24,19-2-1-10-20-12-19)21-16-9-11-22(14-16)13-15-3-5-17(6-4-15)25-18-7-8-18/h1-6,10,12,16,18,21H,7-9,11,13-14H2/t16-/m1/s1. The second-order valence-electron chi connectivity index (χ2n) is 6.99. The van der Waals surface area contributed by atoms with E-state index >= 15 is 0 Å². The number of hydrogen-bond acceptors (Lipinski definition) is 5. The molecule has 1 saturated carbocycles. The molecule has 0 amide bonds. The Balaban J connectivity index is 1.30. The quantitative estimate of drug-likeness (QED) is 0.805. The minimum atomic E-state index is -3.51. The lowest BCUT2D eigenvalue weighted by atomic mass is 10.2. The number of sulfonamides is 1. The summed E-state index contributed by atoms with van der Waals surface area (Å²) >= 11 is 0. The molecule has 0 bridgehead atoms. The van der Waals surface area contributed by atoms with Crippen LogP contribution in [-0.2, 0) is 16.6 Å². The highest BCUT2D eigenvalue weighted by Gasteiger charge is 2.27. The van der Waals surface area contributed by atoms with Crippen LogP contribution in [-0.4, -0.2) is 43.5 Å². The molecule has 2 aromatic rings. The fourth-order valence-electron chi connectivity index (χ4n) is 3.18. The third-order valence-corrected chi connectivity index (χ3v) is 6.20. The minimum absolute atomic E-state index is 0.0716. The number of ether oxygens (including phenoxy) is 1. The van der Waals surface area contributed by atoms with Gasteiger partial charge >= 0.3 is 0 Å². The molecule has 1 atom stereocenters. The van der Waals surface area contributed by atoms with E-state index in [9.17, 15) is 8.42 Å². The highest BCUT2D eigenvalue weighted by Crippen LogP contribution is 2.27. The Hall–Kier alpha value is -1.96. The Kier molecular flexibility index (Phi) is 4.93. The highest BCUT2D eigenvalue weighted by molar-refractivity contribution is 7.89. The zero-order chi connectivity index (χ0) is 18.0. The van der Waals surface area contributed by atoms with Gasteiger partial charge in [0.15, 0.2) is 0 Å². The topological polar surface area (TPSA) is 71.5 Å². The van der Waals surface area contributed by atoms with Gasteiger partial charge in [-0.05, 0) is 49.1 Å². The summed E-state index contributed by atoms with van der Waals surface area (Å²) in [5, 5.41) is 0. The summed E-state index contributed by atoms with van der Waals surface area (Å²) < 4.78 is 33.4. The molecule has 1 aromatic heterocycles. The molecule has 26 heavy (non-hydrogen) atoms. The SMILES string of the molecule is O=S(=O)(N[C@@H]1CCN(Cc2ccc(OC3CC3)cc2)C1)c1cccnc1. The van der Waals surface area contributed by atoms with Gasteiger partial charge in [0.25, 0.3) is 0 Å². The van der Waals surface area contributed by atoms with Gasteiger partial charge in [-0.15, -0.1) is 0 Å². The van der Waals surface area contributed by atoms with Gasteiger partial charge in [0.2, 0.25) is 10.0 Å². The first-order valence-electron chi connectivity index (χ1n) is 8.99. The molecule has 4 rings (SSSR count). The summed E-state index contributed by atoms with van der Waals surface area (Å²) in [6.45, 7) is 2.40. The predicted molar refractivity (Wildman–Crippen MR) is 98.3 cm³/mol. The first-order valence-corrected chi connectivity index (χ1v) is 10.5. The Bertz CT molecular complexity index is 836. The first-order chi connectivity index (χ1) is 12.6. The van der Waals surface area contributed by atoms with Gasteiger partial charge in [0.05, 0.1) is 6.10 Å². The normalized spacial score (nSPS) is 21.0. The smallest absolute Gasteiger partial charge is 0.242 e. The van der Waals surface area contributed by atoms with Crippen LogP contribution in [0.4, 0.5) is 0 Å². The number of likely N-dealkylation sites (tertiary alicyclic amines) is 1. The first kappa shape index (κ1) is 17.5. The molecule has 2 heterocycles. The zero-order valence-electron chi connectivity index (χ0n) is 14.5. The summed E-state index contributed by atoms with van der Waals surface area (Å²) in [5.41, 5.74) is 1.21. The van der Waals surface area contributed by atoms with E-state index in [1.807, 2.05) is 12.1 Å². The predicted octanol–water partition coefficient (Wildman–Crippen LogP) is 2.18. The van der Waals surface area contributed by atoms with Crippen molar-refractivity contribution in [3.8, 4) is 5.75 Å². The van der Waals surface area contributed by atoms with Crippen LogP contribution >= 0.6 is 0 Å². The molecule has 0 radical (unpaired) electrons. The van der Waals surface area contributed by atoms with E-state index in [1.54, 1.807) is 18.3 Å². The molecule has 1 aliphatic heterocycles. The van der Waals surface area contributed by atoms with Crippen LogP contribution in [0.15, 0.2) is 53.7 Å². The van der Waals surface area contributed by atoms with E-state index in [2.05, 4.69) is 26.7 Å². The van der Waals surface area contributed by atoms with Gasteiger partial charge in [0.1, 0.15) is 10.6 Å². The molecule has 7 heteroatoms. The van der Waals surface area contributed by atoms with Crippen molar-refractivity contribution >= 4 is 10.0 Å². The molecular formula is C19H23N3O3S. The van der Waals surface area contributed by atoms with Crippen LogP contribution in [0.25, 0.3) is 0 Å². The monoisotopic (exact) mass is 373 g/mol. The van der Waals surface area contributed by atoms with Crippen LogP contribution in [0.1, 0.15) is 24.8 Å². The summed E-state index contributed by atoms with van der Waals surface area (Å²) in [6.07, 6.45) is 6.48. The molecular weight excluding hydrogens is 350 g/mol. The Morgan fingerprint density at radius 3 is 2.65 bits per heavy atom. The third-order valence-electron chi connectivity index (χ3n) is 4.70. The third kappa shape index (κ3) is 4.41. The lowest BCUT2D eigenvalue weighted by Crippen LogP contribution is -2.37. The molecule has 2 aliphatic rings. The van der Waals surface area contributed by atoms with Crippen molar-refractivity contribution in [3.63, 3.8) is 0 Å². The second-order valence-corrected chi connectivity index (χ2v) is 8.71. The van der Waals surface area contributed by atoms with Crippen molar-refractivity contribution in [2.75, 3.05) is 13.1 Å². The van der Waals surface area contributed by atoms with Gasteiger partial charge in [-0.3, -0.25) is 9.88 Å². The molecule has 138 valence electrons. The van der Waals surface area contributed by atoms with Gasteiger partial charge in [-0.1, -0.05) is 12.1 Å². The Morgan fingerprint density at radius 1 is 1.15 bits per heavy atom. The molecule has 0 unspecified atom stereocenters. The number of nitrogens with zero attached hydrogens (tertiary/aromatic N) is 2. The number of aromatic nitrogens is 1. The average Bonchev–Trinajstić information content (AvgIpc) is 3.36. The maximum absolute atomic E-state index is 12.4. The van der Waals surface area contributed by atoms with Crippen molar-refractivity contribution in [2.24, 2.45) is 0 Å². The Morgan fingerprint density at radius 2 is 1.96 bits per heavy atom. The Labute approximate surface area is 154 Å². The van der Waals surface area contributed by atoms with E-state index in [1.165, 1.54) is 11.8 Å². The molecule has 1 N–H and O–H groups in total. The van der Waals surface area contributed by atoms with Crippen molar-refractivity contribution in [2.45, 2.75) is 42.8 Å². The van der Waals surface area contributed by atoms with Crippen LogP contribution < -0.4 is 9.46 Å². The fraction of sp³-hybridized carbons (Fsp3) is 0.421. The van der Waals surface area contributed by atoms with Crippen molar-refractivity contribution in [1.29, 1.82) is 0 Å².